The summed E-state index contributed by atoms with van der Waals surface area (Å²) in [5, 5.41) is 0. The van der Waals surface area contributed by atoms with Crippen molar-refractivity contribution in [3.63, 3.8) is 0 Å². The molecule has 3 nitrogen and oxygen atoms in total. The second-order valence-corrected chi connectivity index (χ2v) is 3.65. The van der Waals surface area contributed by atoms with Crippen LogP contribution in [-0.4, -0.2) is 29.6 Å². The van der Waals surface area contributed by atoms with Crippen molar-refractivity contribution in [1.82, 2.24) is 0 Å². The van der Waals surface area contributed by atoms with Crippen LogP contribution in [0.2, 0.25) is 0 Å². The average Bonchev–Trinajstić information content (AvgIpc) is 2.35. The number of carbonyl (C=O) groups excluding carboxylic acids is 2. The Hall–Kier alpha value is -1.06. The summed E-state index contributed by atoms with van der Waals surface area (Å²) in [6.07, 6.45) is -0.636. The van der Waals surface area contributed by atoms with Crippen LogP contribution < -0.4 is 0 Å². The summed E-state index contributed by atoms with van der Waals surface area (Å²) >= 11 is 11.0. The zero-order valence-corrected chi connectivity index (χ0v) is 9.87. The Morgan fingerprint density at radius 3 is 2.19 bits per heavy atom. The molecule has 0 saturated heterocycles. The van der Waals surface area contributed by atoms with Gasteiger partial charge < -0.3 is 4.74 Å². The van der Waals surface area contributed by atoms with Crippen molar-refractivity contribution in [3.8, 4) is 0 Å². The molecule has 1 aromatic rings. The number of ketones is 1. The molecule has 0 aliphatic rings. The van der Waals surface area contributed by atoms with Gasteiger partial charge in [-0.2, -0.15) is 0 Å². The second kappa shape index (κ2) is 6.51. The minimum Gasteiger partial charge on any atom is -0.454 e. The zero-order chi connectivity index (χ0) is 12.0. The van der Waals surface area contributed by atoms with E-state index in [1.165, 1.54) is 0 Å². The van der Waals surface area contributed by atoms with E-state index < -0.39 is 17.9 Å². The minimum absolute atomic E-state index is 0.0668. The van der Waals surface area contributed by atoms with Crippen molar-refractivity contribution in [1.29, 1.82) is 0 Å². The van der Waals surface area contributed by atoms with Gasteiger partial charge in [-0.3, -0.25) is 4.79 Å². The number of esters is 1. The van der Waals surface area contributed by atoms with Crippen molar-refractivity contribution in [3.05, 3.63) is 35.9 Å². The average molecular weight is 261 g/mol. The van der Waals surface area contributed by atoms with Gasteiger partial charge in [0.05, 0.1) is 11.8 Å². The maximum Gasteiger partial charge on any atom is 0.380 e. The first kappa shape index (κ1) is 13.0. The molecule has 0 heterocycles. The van der Waals surface area contributed by atoms with Crippen LogP contribution in [0.15, 0.2) is 30.3 Å². The van der Waals surface area contributed by atoms with Crippen molar-refractivity contribution < 1.29 is 14.3 Å². The molecule has 0 amide bonds. The molecule has 1 rings (SSSR count). The van der Waals surface area contributed by atoms with Crippen LogP contribution in [-0.2, 0) is 9.53 Å². The molecule has 0 bridgehead atoms. The van der Waals surface area contributed by atoms with Gasteiger partial charge >= 0.3 is 5.97 Å². The number of Topliss-reactive ketones (excluding diaryl/α,β-unsaturated/α-hetero) is 1. The molecule has 0 atom stereocenters. The van der Waals surface area contributed by atoms with E-state index in [2.05, 4.69) is 0 Å². The van der Waals surface area contributed by atoms with Gasteiger partial charge in [-0.25, -0.2) is 4.79 Å². The van der Waals surface area contributed by atoms with Gasteiger partial charge in [-0.1, -0.05) is 30.3 Å². The molecule has 1 aromatic carbocycles. The van der Waals surface area contributed by atoms with E-state index in [0.717, 1.165) is 0 Å². The Morgan fingerprint density at radius 2 is 1.69 bits per heavy atom. The maximum atomic E-state index is 11.6. The molecule has 86 valence electrons. The fourth-order valence-corrected chi connectivity index (χ4v) is 1.47. The Balaban J connectivity index is 2.65. The number of hydrogen-bond acceptors (Lipinski definition) is 3. The molecular weight excluding hydrogens is 251 g/mol. The van der Waals surface area contributed by atoms with Crippen molar-refractivity contribution in [2.45, 2.75) is 6.10 Å². The molecule has 5 heteroatoms. The largest absolute Gasteiger partial charge is 0.454 e. The zero-order valence-electron chi connectivity index (χ0n) is 8.36. The molecule has 0 radical (unpaired) electrons. The molecule has 0 saturated carbocycles. The highest BCUT2D eigenvalue weighted by molar-refractivity contribution is 6.40. The molecule has 0 aliphatic carbocycles. The van der Waals surface area contributed by atoms with Crippen LogP contribution >= 0.6 is 23.2 Å². The highest BCUT2D eigenvalue weighted by Crippen LogP contribution is 2.05. The summed E-state index contributed by atoms with van der Waals surface area (Å²) in [5.74, 6) is -1.49. The monoisotopic (exact) mass is 260 g/mol. The Kier molecular flexibility index (Phi) is 5.29. The molecule has 0 unspecified atom stereocenters. The molecule has 0 fully saturated rings. The van der Waals surface area contributed by atoms with Gasteiger partial charge in [-0.15, -0.1) is 23.2 Å². The number of rotatable bonds is 5. The highest BCUT2D eigenvalue weighted by Gasteiger charge is 2.21. The molecular formula is C11H10Cl2O3. The van der Waals surface area contributed by atoms with Gasteiger partial charge in [0, 0.05) is 5.56 Å². The van der Waals surface area contributed by atoms with Crippen molar-refractivity contribution in [2.24, 2.45) is 0 Å². The number of ether oxygens (including phenoxy) is 1. The van der Waals surface area contributed by atoms with Crippen LogP contribution in [0.3, 0.4) is 0 Å². The van der Waals surface area contributed by atoms with Crippen LogP contribution in [0.5, 0.6) is 0 Å². The summed E-state index contributed by atoms with van der Waals surface area (Å²) in [4.78, 5) is 22.9. The maximum absolute atomic E-state index is 11.6. The lowest BCUT2D eigenvalue weighted by atomic mass is 10.1. The molecule has 0 spiro atoms. The van der Waals surface area contributed by atoms with Gasteiger partial charge in [0.25, 0.3) is 5.78 Å². The number of hydrogen-bond donors (Lipinski definition) is 0. The van der Waals surface area contributed by atoms with E-state index in [1.807, 2.05) is 0 Å². The Bertz CT molecular complexity index is 361. The van der Waals surface area contributed by atoms with Gasteiger partial charge in [-0.05, 0) is 0 Å². The Morgan fingerprint density at radius 1 is 1.12 bits per heavy atom. The molecule has 0 N–H and O–H groups in total. The van der Waals surface area contributed by atoms with E-state index >= 15 is 0 Å². The molecule has 0 aromatic heterocycles. The first-order chi connectivity index (χ1) is 7.69. The summed E-state index contributed by atoms with van der Waals surface area (Å²) in [6, 6.07) is 8.17. The first-order valence-corrected chi connectivity index (χ1v) is 5.68. The fraction of sp³-hybridized carbons (Fsp3) is 0.273. The second-order valence-electron chi connectivity index (χ2n) is 3.03. The van der Waals surface area contributed by atoms with Crippen LogP contribution in [0.25, 0.3) is 0 Å². The number of alkyl halides is 2. The topological polar surface area (TPSA) is 43.4 Å². The lowest BCUT2D eigenvalue weighted by Crippen LogP contribution is -2.26. The minimum atomic E-state index is -0.933. The van der Waals surface area contributed by atoms with E-state index in [9.17, 15) is 9.59 Å². The predicted molar refractivity (Wildman–Crippen MR) is 62.1 cm³/mol. The lowest BCUT2D eigenvalue weighted by Gasteiger charge is -2.10. The van der Waals surface area contributed by atoms with Gasteiger partial charge in [0.15, 0.2) is 0 Å². The summed E-state index contributed by atoms with van der Waals surface area (Å²) < 4.78 is 4.81. The van der Waals surface area contributed by atoms with E-state index in [1.54, 1.807) is 30.3 Å². The normalized spacial score (nSPS) is 10.2. The SMILES string of the molecule is O=C(OC(CCl)CCl)C(=O)c1ccccc1. The summed E-state index contributed by atoms with van der Waals surface area (Å²) in [5.41, 5.74) is 0.287. The quantitative estimate of drug-likeness (QED) is 0.353. The standard InChI is InChI=1S/C11H10Cl2O3/c12-6-9(7-13)16-11(15)10(14)8-4-2-1-3-5-8/h1-5,9H,6-7H2. The number of carbonyl (C=O) groups is 2. The summed E-state index contributed by atoms with van der Waals surface area (Å²) in [7, 11) is 0. The van der Waals surface area contributed by atoms with Crippen LogP contribution in [0, 0.1) is 0 Å². The Labute approximate surface area is 103 Å². The smallest absolute Gasteiger partial charge is 0.380 e. The predicted octanol–water partition coefficient (Wildman–Crippen LogP) is 2.26. The lowest BCUT2D eigenvalue weighted by molar-refractivity contribution is -0.141. The van der Waals surface area contributed by atoms with Crippen molar-refractivity contribution in [2.75, 3.05) is 11.8 Å². The van der Waals surface area contributed by atoms with Crippen molar-refractivity contribution >= 4 is 35.0 Å². The van der Waals surface area contributed by atoms with E-state index in [0.29, 0.717) is 0 Å². The van der Waals surface area contributed by atoms with Gasteiger partial charge in [0.1, 0.15) is 6.10 Å². The van der Waals surface area contributed by atoms with E-state index in [-0.39, 0.29) is 17.3 Å². The highest BCUT2D eigenvalue weighted by atomic mass is 35.5. The molecule has 0 aliphatic heterocycles. The third-order valence-electron chi connectivity index (χ3n) is 1.84. The molecule has 16 heavy (non-hydrogen) atoms. The van der Waals surface area contributed by atoms with Crippen LogP contribution in [0.1, 0.15) is 10.4 Å². The van der Waals surface area contributed by atoms with Crippen LogP contribution in [0.4, 0.5) is 0 Å². The number of halogens is 2. The fourth-order valence-electron chi connectivity index (χ4n) is 1.02. The van der Waals surface area contributed by atoms with E-state index in [4.69, 9.17) is 27.9 Å². The number of benzene rings is 1. The third kappa shape index (κ3) is 3.51. The van der Waals surface area contributed by atoms with Gasteiger partial charge in [0.2, 0.25) is 0 Å². The third-order valence-corrected chi connectivity index (χ3v) is 2.53. The first-order valence-electron chi connectivity index (χ1n) is 4.61. The summed E-state index contributed by atoms with van der Waals surface area (Å²) in [6.45, 7) is 0.